The Bertz CT molecular complexity index is 5300. The number of aromatic nitrogens is 4. The lowest BCUT2D eigenvalue weighted by molar-refractivity contribution is -0.136. The minimum absolute atomic E-state index is 0.0225. The van der Waals surface area contributed by atoms with Crippen LogP contribution in [0.4, 0.5) is 0 Å². The van der Waals surface area contributed by atoms with Crippen LogP contribution in [0.3, 0.4) is 0 Å². The van der Waals surface area contributed by atoms with Crippen molar-refractivity contribution in [3.05, 3.63) is 265 Å². The molecule has 0 fully saturated rings. The number of fused-ring (bicyclic) bond motifs is 8. The summed E-state index contributed by atoms with van der Waals surface area (Å²) >= 11 is 13.6. The molecule has 0 radical (unpaired) electrons. The highest BCUT2D eigenvalue weighted by molar-refractivity contribution is 9.11. The van der Waals surface area contributed by atoms with Gasteiger partial charge < -0.3 is 26.7 Å². The highest BCUT2D eigenvalue weighted by Crippen LogP contribution is 2.46. The molecule has 28 heteroatoms. The highest BCUT2D eigenvalue weighted by Gasteiger charge is 2.34. The normalized spacial score (nSPS) is 12.9. The maximum absolute atomic E-state index is 15.7. The van der Waals surface area contributed by atoms with E-state index < -0.39 is 89.4 Å². The Morgan fingerprint density at radius 1 is 0.406 bits per heavy atom. The number of carboxylic acid groups (broad SMARTS) is 1. The van der Waals surface area contributed by atoms with Gasteiger partial charge in [0.25, 0.3) is 0 Å². The molecule has 11 rings (SSSR count). The Morgan fingerprint density at radius 2 is 0.651 bits per heavy atom. The first kappa shape index (κ1) is 79.1. The first-order chi connectivity index (χ1) is 49.7. The number of aliphatic carboxylic acids is 1. The van der Waals surface area contributed by atoms with Gasteiger partial charge in [-0.25, -0.2) is 0 Å². The Hall–Kier alpha value is -7.96. The smallest absolute Gasteiger partial charge is 0.339 e. The third kappa shape index (κ3) is 18.9. The molecule has 1 aliphatic carbocycles. The lowest BCUT2D eigenvalue weighted by atomic mass is 9.81. The van der Waals surface area contributed by atoms with Gasteiger partial charge in [0.2, 0.25) is 5.91 Å². The third-order valence-electron chi connectivity index (χ3n) is 18.0. The molecule has 2 aromatic heterocycles. The zero-order valence-electron chi connectivity index (χ0n) is 59.6. The molecular weight excluding hydrogens is 1690 g/mol. The fourth-order valence-corrected chi connectivity index (χ4v) is 17.7. The number of hydrogen-bond acceptors (Lipinski definition) is 16. The molecule has 0 saturated heterocycles. The molecule has 10 aromatic rings. The van der Waals surface area contributed by atoms with Crippen molar-refractivity contribution < 1.29 is 65.1 Å². The van der Waals surface area contributed by atoms with E-state index >= 15 is 38.5 Å². The van der Waals surface area contributed by atoms with Crippen molar-refractivity contribution in [2.24, 2.45) is 0 Å². The average molecular weight is 1770 g/mol. The maximum Gasteiger partial charge on any atom is 0.339 e. The van der Waals surface area contributed by atoms with Crippen LogP contribution in [-0.2, 0) is 113 Å². The number of carbonyl (C=O) groups excluding carboxylic acids is 1. The van der Waals surface area contributed by atoms with E-state index in [-0.39, 0.29) is 118 Å². The summed E-state index contributed by atoms with van der Waals surface area (Å²) in [6.07, 6.45) is -2.71. The van der Waals surface area contributed by atoms with Crippen molar-refractivity contribution in [1.29, 1.82) is 0 Å². The number of carboxylic acids is 1. The molecule has 1 amide bonds. The van der Waals surface area contributed by atoms with Gasteiger partial charge >= 0.3 is 46.4 Å². The van der Waals surface area contributed by atoms with Gasteiger partial charge in [0.05, 0.1) is 37.3 Å². The Kier molecular flexibility index (Phi) is 23.4. The summed E-state index contributed by atoms with van der Waals surface area (Å²) in [5, 5.41) is 20.1. The molecule has 0 aliphatic heterocycles. The van der Waals surface area contributed by atoms with Crippen LogP contribution in [0.1, 0.15) is 131 Å². The van der Waals surface area contributed by atoms with E-state index in [0.29, 0.717) is 47.7 Å². The first-order valence-corrected chi connectivity index (χ1v) is 42.4. The molecule has 0 atom stereocenters. The summed E-state index contributed by atoms with van der Waals surface area (Å²) in [4.78, 5) is 29.4. The summed E-state index contributed by atoms with van der Waals surface area (Å²) < 4.78 is 154. The molecule has 20 nitrogen and oxygen atoms in total. The van der Waals surface area contributed by atoms with Gasteiger partial charge in [-0.3, -0.25) is 19.0 Å². The number of carbonyl (C=O) groups is 2. The van der Waals surface area contributed by atoms with Crippen LogP contribution in [-0.4, -0.2) is 88.2 Å². The standard InChI is InChI=1S/C78H77Br4N5O15S4/c1-47-31-49(3)86(83-47)29-27-85(28-30-87-50(4)32-48(2)84-87)71(88)37-51-33-53-39-57-43-61(77(5,6)7)45-59(75(57)101-105(95,96)69-23-15-65(81)16-24-69)41-55-35-52(38-72(89)90)36-56(74(55)100-104(93,94)68-21-13-64(80)14-22-68)42-60-46-62(78(8,9)10)44-58(76(60)102-106(97,98)70-25-17-66(82)18-26-70)40-54(34-51)73(53)99-103(91,92)67-19-11-63(79)12-20-67/h11-26,31-36,43-46H,27-30,37-42H2,1-10H3,(H,89,90). The van der Waals surface area contributed by atoms with E-state index in [1.165, 1.54) is 109 Å². The van der Waals surface area contributed by atoms with Crippen LogP contribution in [0, 0.1) is 27.7 Å². The Labute approximate surface area is 652 Å². The number of rotatable bonds is 22. The van der Waals surface area contributed by atoms with Gasteiger partial charge in [-0.15, -0.1) is 0 Å². The predicted octanol–water partition coefficient (Wildman–Crippen LogP) is 16.1. The van der Waals surface area contributed by atoms with Crippen LogP contribution in [0.15, 0.2) is 195 Å². The van der Waals surface area contributed by atoms with Gasteiger partial charge in [-0.1, -0.05) is 154 Å². The van der Waals surface area contributed by atoms with Crippen LogP contribution in [0.2, 0.25) is 0 Å². The van der Waals surface area contributed by atoms with E-state index in [4.69, 9.17) is 26.9 Å². The van der Waals surface area contributed by atoms with Crippen LogP contribution in [0.25, 0.3) is 0 Å². The van der Waals surface area contributed by atoms with Crippen molar-refractivity contribution in [1.82, 2.24) is 24.5 Å². The van der Waals surface area contributed by atoms with Gasteiger partial charge in [0.15, 0.2) is 0 Å². The quantitative estimate of drug-likeness (QED) is 0.0618. The molecule has 8 bridgehead atoms. The molecule has 1 aliphatic rings. The van der Waals surface area contributed by atoms with Crippen LogP contribution in [0.5, 0.6) is 23.0 Å². The fourth-order valence-electron chi connectivity index (χ4n) is 12.6. The molecule has 2 heterocycles. The zero-order valence-corrected chi connectivity index (χ0v) is 69.2. The van der Waals surface area contributed by atoms with Crippen LogP contribution >= 0.6 is 63.7 Å². The second kappa shape index (κ2) is 31.3. The molecular formula is C78H77Br4N5O15S4. The third-order valence-corrected chi connectivity index (χ3v) is 25.0. The van der Waals surface area contributed by atoms with E-state index in [0.717, 1.165) is 22.8 Å². The van der Waals surface area contributed by atoms with E-state index in [2.05, 4.69) is 63.7 Å². The summed E-state index contributed by atoms with van der Waals surface area (Å²) in [6.45, 7) is 20.2. The van der Waals surface area contributed by atoms with Crippen LogP contribution < -0.4 is 16.7 Å². The summed E-state index contributed by atoms with van der Waals surface area (Å²) in [7, 11) is -19.5. The van der Waals surface area contributed by atoms with Crippen molar-refractivity contribution in [2.45, 2.75) is 151 Å². The minimum atomic E-state index is -4.89. The van der Waals surface area contributed by atoms with Gasteiger partial charge in [0, 0.05) is 113 Å². The molecule has 556 valence electrons. The molecule has 8 aromatic carbocycles. The van der Waals surface area contributed by atoms with Crippen molar-refractivity contribution in [3.63, 3.8) is 0 Å². The summed E-state index contributed by atoms with van der Waals surface area (Å²) in [6, 6.07) is 39.8. The van der Waals surface area contributed by atoms with Gasteiger partial charge in [-0.05, 0) is 170 Å². The summed E-state index contributed by atoms with van der Waals surface area (Å²) in [5.41, 5.74) is 4.07. The number of halogens is 4. The number of amides is 1. The second-order valence-corrected chi connectivity index (χ2v) is 38.2. The fraction of sp³-hybridized carbons (Fsp3) is 0.282. The second-order valence-electron chi connectivity index (χ2n) is 28.3. The van der Waals surface area contributed by atoms with E-state index in [1.807, 2.05) is 90.7 Å². The summed E-state index contributed by atoms with van der Waals surface area (Å²) in [5.74, 6) is -2.79. The zero-order chi connectivity index (χ0) is 76.8. The van der Waals surface area contributed by atoms with Gasteiger partial charge in [0.1, 0.15) is 42.6 Å². The molecule has 0 unspecified atom stereocenters. The average Bonchev–Trinajstić information content (AvgIpc) is 1.06. The Morgan fingerprint density at radius 3 is 0.877 bits per heavy atom. The molecule has 1 N–H and O–H groups in total. The van der Waals surface area contributed by atoms with E-state index in [9.17, 15) is 9.90 Å². The van der Waals surface area contributed by atoms with Crippen molar-refractivity contribution >= 4 is 116 Å². The molecule has 0 spiro atoms. The predicted molar refractivity (Wildman–Crippen MR) is 417 cm³/mol. The van der Waals surface area contributed by atoms with Gasteiger partial charge in [-0.2, -0.15) is 43.9 Å². The van der Waals surface area contributed by atoms with Crippen molar-refractivity contribution in [2.75, 3.05) is 13.1 Å². The highest BCUT2D eigenvalue weighted by atomic mass is 79.9. The van der Waals surface area contributed by atoms with Crippen molar-refractivity contribution in [3.8, 4) is 23.0 Å². The topological polar surface area (TPSA) is 267 Å². The number of aryl methyl sites for hydroxylation is 4. The first-order valence-electron chi connectivity index (χ1n) is 33.6. The monoisotopic (exact) mass is 1770 g/mol. The molecule has 106 heavy (non-hydrogen) atoms. The largest absolute Gasteiger partial charge is 0.481 e. The van der Waals surface area contributed by atoms with E-state index in [1.54, 1.807) is 41.3 Å². The molecule has 0 saturated carbocycles. The lowest BCUT2D eigenvalue weighted by Crippen LogP contribution is -2.38. The Balaban J connectivity index is 1.26. The SMILES string of the molecule is Cc1cc(C)n(CCN(CCn2nc(C)cc2C)C(=O)Cc2cc3c(OS(=O)(=O)c4ccc(Br)cc4)c(c2)Cc2cc(C(C)(C)C)cc(c2OS(=O)(=O)c2ccc(Br)cc2)Cc2cc(CC(=O)O)cc(c2OS(=O)(=O)c2ccc(Br)cc2)Cc2cc(C(C)(C)C)cc(c2OS(=O)(=O)c2ccc(Br)cc2)C3)n1. The minimum Gasteiger partial charge on any atom is -0.481 e. The number of benzene rings is 8. The number of hydrogen-bond donors (Lipinski definition) is 1. The lowest BCUT2D eigenvalue weighted by Gasteiger charge is -2.27. The number of nitrogens with zero attached hydrogens (tertiary/aromatic N) is 5. The maximum atomic E-state index is 15.7.